The van der Waals surface area contributed by atoms with Crippen molar-refractivity contribution in [2.45, 2.75) is 23.1 Å². The molecule has 0 nitrogen and oxygen atoms in total. The molecule has 12 heavy (non-hydrogen) atoms. The van der Waals surface area contributed by atoms with Gasteiger partial charge in [0.15, 0.2) is 0 Å². The van der Waals surface area contributed by atoms with Gasteiger partial charge in [-0.1, -0.05) is 11.6 Å². The Labute approximate surface area is 73.4 Å². The van der Waals surface area contributed by atoms with Gasteiger partial charge in [0.1, 0.15) is 0 Å². The number of alkyl halides is 8. The van der Waals surface area contributed by atoms with E-state index in [4.69, 9.17) is 0 Å². The third kappa shape index (κ3) is 2.58. The summed E-state index contributed by atoms with van der Waals surface area (Å²) in [7, 11) is 0. The predicted octanol–water partition coefficient (Wildman–Crippen LogP) is 3.33. The lowest BCUT2D eigenvalue weighted by atomic mass is 10.2. The van der Waals surface area contributed by atoms with Gasteiger partial charge >= 0.3 is 5.38 Å². The van der Waals surface area contributed by atoms with Crippen LogP contribution in [0.3, 0.4) is 0 Å². The predicted molar refractivity (Wildman–Crippen MR) is 31.4 cm³/mol. The topological polar surface area (TPSA) is 0 Å². The Hall–Kier alpha value is 0.160. The molecule has 2 unspecified atom stereocenters. The second-order valence-corrected chi connectivity index (χ2v) is 2.96. The molecule has 8 heteroatoms. The normalized spacial score (nSPS) is 20.8. The van der Waals surface area contributed by atoms with Gasteiger partial charge in [0.2, 0.25) is 6.17 Å². The van der Waals surface area contributed by atoms with Crippen molar-refractivity contribution in [2.75, 3.05) is 0 Å². The molecule has 0 fully saturated rings. The van der Waals surface area contributed by atoms with E-state index in [2.05, 4.69) is 23.2 Å². The number of rotatable bonds is 3. The van der Waals surface area contributed by atoms with E-state index in [1.165, 1.54) is 0 Å². The summed E-state index contributed by atoms with van der Waals surface area (Å²) in [6, 6.07) is 0. The van der Waals surface area contributed by atoms with E-state index in [1.54, 1.807) is 0 Å². The maximum absolute atomic E-state index is 12.2. The van der Waals surface area contributed by atoms with Crippen LogP contribution in [0.1, 0.15) is 0 Å². The molecule has 0 bridgehead atoms. The van der Waals surface area contributed by atoms with Crippen LogP contribution < -0.4 is 0 Å². The van der Waals surface area contributed by atoms with Gasteiger partial charge in [0.05, 0.1) is 0 Å². The van der Waals surface area contributed by atoms with E-state index in [0.717, 1.165) is 0 Å². The Morgan fingerprint density at radius 2 is 1.25 bits per heavy atom. The van der Waals surface area contributed by atoms with E-state index < -0.39 is 23.1 Å². The van der Waals surface area contributed by atoms with Gasteiger partial charge < -0.3 is 0 Å². The zero-order valence-electron chi connectivity index (χ0n) is 5.18. The van der Waals surface area contributed by atoms with Crippen LogP contribution in [0.15, 0.2) is 0 Å². The fraction of sp³-hybridized carbons (Fsp3) is 1.00. The van der Waals surface area contributed by atoms with Crippen molar-refractivity contribution in [3.8, 4) is 0 Å². The van der Waals surface area contributed by atoms with E-state index in [-0.39, 0.29) is 0 Å². The molecule has 0 heterocycles. The molecule has 0 spiro atoms. The van der Waals surface area contributed by atoms with Crippen molar-refractivity contribution in [3.63, 3.8) is 0 Å². The summed E-state index contributed by atoms with van der Waals surface area (Å²) in [6.45, 7) is 0. The maximum Gasteiger partial charge on any atom is 0.357 e. The summed E-state index contributed by atoms with van der Waals surface area (Å²) in [5.74, 6) is 0. The zero-order chi connectivity index (χ0) is 10.2. The average molecular weight is 235 g/mol. The smallest absolute Gasteiger partial charge is 0.234 e. The molecule has 0 rings (SSSR count). The maximum atomic E-state index is 12.2. The third-order valence-corrected chi connectivity index (χ3v) is 1.46. The van der Waals surface area contributed by atoms with Crippen molar-refractivity contribution in [1.29, 1.82) is 0 Å². The Morgan fingerprint density at radius 1 is 0.917 bits per heavy atom. The summed E-state index contributed by atoms with van der Waals surface area (Å²) < 4.78 is 70.6. The first kappa shape index (κ1) is 12.2. The minimum atomic E-state index is -4.76. The van der Waals surface area contributed by atoms with Crippen LogP contribution in [0.5, 0.6) is 0 Å². The number of halogens is 8. The number of hydrogen-bond donors (Lipinski definition) is 0. The van der Waals surface area contributed by atoms with Gasteiger partial charge in [-0.3, -0.25) is 0 Å². The highest BCUT2D eigenvalue weighted by Crippen LogP contribution is 2.41. The first-order valence-corrected chi connectivity index (χ1v) is 3.22. The van der Waals surface area contributed by atoms with Crippen LogP contribution >= 0.6 is 23.2 Å². The molecule has 0 aromatic rings. The number of hydrogen-bond acceptors (Lipinski definition) is 0. The van der Waals surface area contributed by atoms with Gasteiger partial charge in [-0.15, -0.1) is 0 Å². The molecule has 0 aromatic carbocycles. The lowest BCUT2D eigenvalue weighted by Crippen LogP contribution is -2.45. The highest BCUT2D eigenvalue weighted by atomic mass is 35.5. The molecule has 0 saturated carbocycles. The second kappa shape index (κ2) is 3.49. The van der Waals surface area contributed by atoms with Crippen LogP contribution in [0.4, 0.5) is 26.3 Å². The highest BCUT2D eigenvalue weighted by Gasteiger charge is 2.58. The Morgan fingerprint density at radius 3 is 1.33 bits per heavy atom. The minimum Gasteiger partial charge on any atom is -0.234 e. The van der Waals surface area contributed by atoms with Gasteiger partial charge in [0.25, 0.3) is 11.6 Å². The standard InChI is InChI=1S/C4H2Cl2F6/c5-3(10,2(8)9)1(7)4(6,11)12/h1-2H. The third-order valence-electron chi connectivity index (χ3n) is 0.916. The summed E-state index contributed by atoms with van der Waals surface area (Å²) >= 11 is 8.10. The SMILES string of the molecule is FC(F)C(F)(Cl)C(F)C(F)(F)Cl. The Bertz CT molecular complexity index is 152. The molecule has 0 radical (unpaired) electrons. The van der Waals surface area contributed by atoms with Crippen LogP contribution in [0.25, 0.3) is 0 Å². The molecule has 0 aliphatic rings. The summed E-state index contributed by atoms with van der Waals surface area (Å²) in [5.41, 5.74) is 0. The molecule has 0 N–H and O–H groups in total. The van der Waals surface area contributed by atoms with Gasteiger partial charge in [-0.05, 0) is 11.6 Å². The summed E-state index contributed by atoms with van der Waals surface area (Å²) in [6.07, 6.45) is -8.05. The van der Waals surface area contributed by atoms with Crippen molar-refractivity contribution in [3.05, 3.63) is 0 Å². The van der Waals surface area contributed by atoms with Crippen molar-refractivity contribution >= 4 is 23.2 Å². The molecule has 0 aromatic heterocycles. The molecule has 0 amide bonds. The first-order chi connectivity index (χ1) is 5.10. The minimum absolute atomic E-state index is 3.95. The van der Waals surface area contributed by atoms with Crippen LogP contribution in [-0.2, 0) is 0 Å². The van der Waals surface area contributed by atoms with E-state index in [9.17, 15) is 26.3 Å². The fourth-order valence-electron chi connectivity index (χ4n) is 0.329. The first-order valence-electron chi connectivity index (χ1n) is 2.47. The van der Waals surface area contributed by atoms with Crippen LogP contribution in [0, 0.1) is 0 Å². The molecule has 74 valence electrons. The molecular weight excluding hydrogens is 233 g/mol. The largest absolute Gasteiger partial charge is 0.357 e. The monoisotopic (exact) mass is 234 g/mol. The summed E-state index contributed by atoms with van der Waals surface area (Å²) in [4.78, 5) is 0. The molecule has 0 aliphatic carbocycles. The Balaban J connectivity index is 4.57. The molecule has 0 saturated heterocycles. The second-order valence-electron chi connectivity index (χ2n) is 1.88. The lowest BCUT2D eigenvalue weighted by Gasteiger charge is -2.23. The van der Waals surface area contributed by atoms with Crippen molar-refractivity contribution < 1.29 is 26.3 Å². The van der Waals surface area contributed by atoms with E-state index >= 15 is 0 Å². The van der Waals surface area contributed by atoms with Crippen molar-refractivity contribution in [2.24, 2.45) is 0 Å². The molecular formula is C4H2Cl2F6. The lowest BCUT2D eigenvalue weighted by molar-refractivity contribution is -0.0996. The zero-order valence-corrected chi connectivity index (χ0v) is 6.69. The van der Waals surface area contributed by atoms with Gasteiger partial charge in [0, 0.05) is 0 Å². The summed E-state index contributed by atoms with van der Waals surface area (Å²) in [5, 5.41) is -9.22. The highest BCUT2D eigenvalue weighted by molar-refractivity contribution is 6.26. The van der Waals surface area contributed by atoms with Crippen LogP contribution in [-0.4, -0.2) is 23.1 Å². The van der Waals surface area contributed by atoms with E-state index in [0.29, 0.717) is 0 Å². The van der Waals surface area contributed by atoms with E-state index in [1.807, 2.05) is 0 Å². The van der Waals surface area contributed by atoms with Gasteiger partial charge in [-0.25, -0.2) is 17.6 Å². The molecule has 0 aliphatic heterocycles. The van der Waals surface area contributed by atoms with Crippen molar-refractivity contribution in [1.82, 2.24) is 0 Å². The average Bonchev–Trinajstić information content (AvgIpc) is 1.83. The molecule has 2 atom stereocenters. The van der Waals surface area contributed by atoms with Gasteiger partial charge in [-0.2, -0.15) is 8.78 Å². The Kier molecular flexibility index (Phi) is 3.54. The fourth-order valence-corrected chi connectivity index (χ4v) is 0.680. The quantitative estimate of drug-likeness (QED) is 0.519. The van der Waals surface area contributed by atoms with Crippen LogP contribution in [0.2, 0.25) is 0 Å².